The summed E-state index contributed by atoms with van der Waals surface area (Å²) in [6.45, 7) is 1.05. The van der Waals surface area contributed by atoms with Crippen molar-refractivity contribution in [3.8, 4) is 17.2 Å². The lowest BCUT2D eigenvalue weighted by Gasteiger charge is -2.24. The molecule has 0 saturated heterocycles. The van der Waals surface area contributed by atoms with E-state index in [4.69, 9.17) is 28.8 Å². The van der Waals surface area contributed by atoms with E-state index in [9.17, 15) is 14.4 Å². The lowest BCUT2D eigenvalue weighted by molar-refractivity contribution is -0.146. The van der Waals surface area contributed by atoms with Gasteiger partial charge >= 0.3 is 11.9 Å². The number of fused-ring (bicyclic) bond motifs is 1. The van der Waals surface area contributed by atoms with E-state index in [0.717, 1.165) is 0 Å². The second-order valence-corrected chi connectivity index (χ2v) is 6.55. The summed E-state index contributed by atoms with van der Waals surface area (Å²) in [6.07, 6.45) is 0.659. The van der Waals surface area contributed by atoms with Gasteiger partial charge in [-0.25, -0.2) is 4.79 Å². The van der Waals surface area contributed by atoms with Crippen molar-refractivity contribution >= 4 is 18.2 Å². The predicted molar refractivity (Wildman–Crippen MR) is 106 cm³/mol. The molecule has 2 unspecified atom stereocenters. The van der Waals surface area contributed by atoms with Crippen LogP contribution in [0.2, 0.25) is 0 Å². The Bertz CT molecular complexity index is 940. The number of rotatable bonds is 11. The van der Waals surface area contributed by atoms with Crippen LogP contribution in [0.4, 0.5) is 0 Å². The fourth-order valence-electron chi connectivity index (χ4n) is 3.28. The van der Waals surface area contributed by atoms with Gasteiger partial charge in [-0.1, -0.05) is 24.3 Å². The van der Waals surface area contributed by atoms with Gasteiger partial charge in [0.25, 0.3) is 0 Å². The first-order chi connectivity index (χ1) is 15.0. The molecule has 9 nitrogen and oxygen atoms in total. The van der Waals surface area contributed by atoms with Crippen LogP contribution in [0.3, 0.4) is 0 Å². The fourth-order valence-corrected chi connectivity index (χ4v) is 3.28. The molecule has 0 fully saturated rings. The first-order valence-corrected chi connectivity index (χ1v) is 9.57. The zero-order valence-electron chi connectivity index (χ0n) is 16.8. The molecule has 3 rings (SSSR count). The minimum atomic E-state index is -1.13. The van der Waals surface area contributed by atoms with E-state index in [1.54, 1.807) is 49.4 Å². The Morgan fingerprint density at radius 1 is 1.16 bits per heavy atom. The monoisotopic (exact) mass is 430 g/mol. The van der Waals surface area contributed by atoms with Crippen molar-refractivity contribution in [2.24, 2.45) is 0 Å². The molecular formula is C22H22O9. The van der Waals surface area contributed by atoms with E-state index < -0.39 is 30.4 Å². The summed E-state index contributed by atoms with van der Waals surface area (Å²) in [5, 5.41) is 8.67. The molecule has 2 aromatic carbocycles. The Hall–Kier alpha value is -3.59. The third-order valence-corrected chi connectivity index (χ3v) is 4.60. The Balaban J connectivity index is 1.93. The number of carbonyl (C=O) groups excluding carboxylic acids is 2. The van der Waals surface area contributed by atoms with Gasteiger partial charge in [0.05, 0.1) is 18.4 Å². The average Bonchev–Trinajstić information content (AvgIpc) is 3.23. The SMILES string of the molecule is CCOC(=O)C(c1ccc2c(c1)OCO2)C(C=O)c1ccccc1OCOCC(=O)O. The van der Waals surface area contributed by atoms with Crippen LogP contribution in [0.1, 0.15) is 29.9 Å². The predicted octanol–water partition coefficient (Wildman–Crippen LogP) is 2.48. The number of para-hydroxylation sites is 1. The molecule has 0 bridgehead atoms. The summed E-state index contributed by atoms with van der Waals surface area (Å²) in [4.78, 5) is 35.7. The van der Waals surface area contributed by atoms with Crippen LogP contribution in [0.25, 0.3) is 0 Å². The van der Waals surface area contributed by atoms with Crippen LogP contribution in [-0.4, -0.2) is 50.1 Å². The van der Waals surface area contributed by atoms with Crippen molar-refractivity contribution in [2.75, 3.05) is 26.8 Å². The number of carboxylic acid groups (broad SMARTS) is 1. The Kier molecular flexibility index (Phi) is 7.45. The number of carbonyl (C=O) groups is 3. The van der Waals surface area contributed by atoms with Gasteiger partial charge in [-0.15, -0.1) is 0 Å². The van der Waals surface area contributed by atoms with Gasteiger partial charge in [-0.05, 0) is 30.7 Å². The molecule has 31 heavy (non-hydrogen) atoms. The highest BCUT2D eigenvalue weighted by Gasteiger charge is 2.35. The first kappa shape index (κ1) is 22.1. The number of aldehydes is 1. The van der Waals surface area contributed by atoms with Crippen molar-refractivity contribution in [2.45, 2.75) is 18.8 Å². The summed E-state index contributed by atoms with van der Waals surface area (Å²) in [5.74, 6) is -2.29. The van der Waals surface area contributed by atoms with Gasteiger partial charge < -0.3 is 33.6 Å². The lowest BCUT2D eigenvalue weighted by atomic mass is 9.81. The number of hydrogen-bond acceptors (Lipinski definition) is 8. The molecule has 2 aromatic rings. The molecule has 9 heteroatoms. The molecule has 1 aliphatic rings. The lowest BCUT2D eigenvalue weighted by Crippen LogP contribution is -2.24. The molecule has 1 aliphatic heterocycles. The van der Waals surface area contributed by atoms with Gasteiger partial charge in [-0.2, -0.15) is 0 Å². The van der Waals surface area contributed by atoms with E-state index in [1.165, 1.54) is 0 Å². The average molecular weight is 430 g/mol. The molecule has 0 radical (unpaired) electrons. The molecule has 0 aromatic heterocycles. The zero-order valence-corrected chi connectivity index (χ0v) is 16.8. The zero-order chi connectivity index (χ0) is 22.2. The number of benzene rings is 2. The highest BCUT2D eigenvalue weighted by Crippen LogP contribution is 2.41. The molecule has 0 aliphatic carbocycles. The van der Waals surface area contributed by atoms with Crippen LogP contribution in [-0.2, 0) is 23.9 Å². The second-order valence-electron chi connectivity index (χ2n) is 6.55. The Labute approximate surface area is 178 Å². The molecule has 164 valence electrons. The van der Waals surface area contributed by atoms with Crippen molar-refractivity contribution in [3.63, 3.8) is 0 Å². The number of carboxylic acids is 1. The third-order valence-electron chi connectivity index (χ3n) is 4.60. The maximum Gasteiger partial charge on any atom is 0.329 e. The minimum absolute atomic E-state index is 0.0764. The fraction of sp³-hybridized carbons (Fsp3) is 0.318. The van der Waals surface area contributed by atoms with Crippen molar-refractivity contribution in [1.29, 1.82) is 0 Å². The number of aliphatic carboxylic acids is 1. The molecule has 0 amide bonds. The van der Waals surface area contributed by atoms with Crippen LogP contribution in [0.15, 0.2) is 42.5 Å². The van der Waals surface area contributed by atoms with Crippen molar-refractivity contribution in [1.82, 2.24) is 0 Å². The van der Waals surface area contributed by atoms with Gasteiger partial charge in [0, 0.05) is 5.56 Å². The van der Waals surface area contributed by atoms with E-state index in [0.29, 0.717) is 34.7 Å². The van der Waals surface area contributed by atoms with Gasteiger partial charge in [0.2, 0.25) is 6.79 Å². The first-order valence-electron chi connectivity index (χ1n) is 9.57. The largest absolute Gasteiger partial charge is 0.480 e. The Morgan fingerprint density at radius 3 is 2.68 bits per heavy atom. The molecule has 1 heterocycles. The van der Waals surface area contributed by atoms with E-state index in [2.05, 4.69) is 0 Å². The highest BCUT2D eigenvalue weighted by atomic mass is 16.7. The summed E-state index contributed by atoms with van der Waals surface area (Å²) >= 11 is 0. The van der Waals surface area contributed by atoms with Crippen LogP contribution in [0.5, 0.6) is 17.2 Å². The maximum absolute atomic E-state index is 12.9. The van der Waals surface area contributed by atoms with E-state index >= 15 is 0 Å². The molecule has 0 spiro atoms. The summed E-state index contributed by atoms with van der Waals surface area (Å²) in [5.41, 5.74) is 0.962. The van der Waals surface area contributed by atoms with Crippen LogP contribution < -0.4 is 14.2 Å². The van der Waals surface area contributed by atoms with Gasteiger partial charge in [-0.3, -0.25) is 4.79 Å². The summed E-state index contributed by atoms with van der Waals surface area (Å²) in [7, 11) is 0. The third kappa shape index (κ3) is 5.32. The quantitative estimate of drug-likeness (QED) is 0.248. The molecule has 0 saturated carbocycles. The summed E-state index contributed by atoms with van der Waals surface area (Å²) in [6, 6.07) is 11.7. The number of esters is 1. The van der Waals surface area contributed by atoms with Gasteiger partial charge in [0.15, 0.2) is 18.3 Å². The van der Waals surface area contributed by atoms with Gasteiger partial charge in [0.1, 0.15) is 18.6 Å². The van der Waals surface area contributed by atoms with Crippen molar-refractivity contribution < 1.29 is 43.2 Å². The topological polar surface area (TPSA) is 118 Å². The summed E-state index contributed by atoms with van der Waals surface area (Å²) < 4.78 is 26.4. The maximum atomic E-state index is 12.9. The molecule has 2 atom stereocenters. The second kappa shape index (κ2) is 10.4. The molecular weight excluding hydrogens is 408 g/mol. The molecule has 1 N–H and O–H groups in total. The van der Waals surface area contributed by atoms with Crippen molar-refractivity contribution in [3.05, 3.63) is 53.6 Å². The minimum Gasteiger partial charge on any atom is -0.480 e. The van der Waals surface area contributed by atoms with E-state index in [-0.39, 0.29) is 20.2 Å². The number of ether oxygens (including phenoxy) is 5. The number of hydrogen-bond donors (Lipinski definition) is 1. The standard InChI is InChI=1S/C22H22O9/c1-2-28-22(26)21(14-7-8-18-19(9-14)31-13-30-18)16(10-23)15-5-3-4-6-17(15)29-12-27-11-20(24)25/h3-10,16,21H,2,11-13H2,1H3,(H,24,25). The highest BCUT2D eigenvalue weighted by molar-refractivity contribution is 5.85. The van der Waals surface area contributed by atoms with Crippen LogP contribution in [0, 0.1) is 0 Å². The van der Waals surface area contributed by atoms with Crippen LogP contribution >= 0.6 is 0 Å². The van der Waals surface area contributed by atoms with E-state index in [1.807, 2.05) is 0 Å². The smallest absolute Gasteiger partial charge is 0.329 e. The normalized spacial score (nSPS) is 13.8. The Morgan fingerprint density at radius 2 is 1.94 bits per heavy atom.